The Labute approximate surface area is 130 Å². The van der Waals surface area contributed by atoms with E-state index in [1.807, 2.05) is 40.1 Å². The number of rotatable bonds is 3. The van der Waals surface area contributed by atoms with Crippen molar-refractivity contribution in [1.29, 1.82) is 0 Å². The summed E-state index contributed by atoms with van der Waals surface area (Å²) < 4.78 is 5.30. The lowest BCUT2D eigenvalue weighted by atomic mass is 10.0. The Bertz CT molecular complexity index is 526. The third-order valence-electron chi connectivity index (χ3n) is 4.42. The normalized spacial score (nSPS) is 21.9. The van der Waals surface area contributed by atoms with Crippen molar-refractivity contribution in [1.82, 2.24) is 9.80 Å². The highest BCUT2D eigenvalue weighted by atomic mass is 16.5. The lowest BCUT2D eigenvalue weighted by molar-refractivity contribution is 0.0418. The first kappa shape index (κ1) is 15.0. The lowest BCUT2D eigenvalue weighted by Gasteiger charge is -2.33. The second-order valence-electron chi connectivity index (χ2n) is 5.86. The number of Topliss-reactive ketones (excluding diaryl/α,β-unsaturated/α-hetero) is 1. The monoisotopic (exact) mass is 302 g/mol. The predicted molar refractivity (Wildman–Crippen MR) is 82.9 cm³/mol. The molecule has 2 saturated heterocycles. The molecule has 0 saturated carbocycles. The smallest absolute Gasteiger partial charge is 0.320 e. The number of hydrogen-bond acceptors (Lipinski definition) is 3. The van der Waals surface area contributed by atoms with Crippen LogP contribution in [0, 0.1) is 0 Å². The average Bonchev–Trinajstić information content (AvgIpc) is 3.04. The number of hydrogen-bond donors (Lipinski definition) is 0. The molecule has 0 spiro atoms. The van der Waals surface area contributed by atoms with E-state index in [-0.39, 0.29) is 17.9 Å². The molecule has 5 heteroatoms. The van der Waals surface area contributed by atoms with Gasteiger partial charge in [-0.2, -0.15) is 0 Å². The van der Waals surface area contributed by atoms with E-state index in [9.17, 15) is 9.59 Å². The number of carbonyl (C=O) groups is 2. The van der Waals surface area contributed by atoms with Gasteiger partial charge in [-0.15, -0.1) is 0 Å². The number of morpholine rings is 1. The lowest BCUT2D eigenvalue weighted by Crippen LogP contribution is -2.50. The topological polar surface area (TPSA) is 49.9 Å². The van der Waals surface area contributed by atoms with Crippen molar-refractivity contribution in [3.05, 3.63) is 35.9 Å². The Morgan fingerprint density at radius 2 is 1.82 bits per heavy atom. The molecule has 2 amide bonds. The Morgan fingerprint density at radius 3 is 2.55 bits per heavy atom. The van der Waals surface area contributed by atoms with Gasteiger partial charge < -0.3 is 14.5 Å². The molecule has 2 fully saturated rings. The molecule has 0 bridgehead atoms. The fourth-order valence-electron chi connectivity index (χ4n) is 3.19. The van der Waals surface area contributed by atoms with Crippen LogP contribution >= 0.6 is 0 Å². The van der Waals surface area contributed by atoms with Crippen molar-refractivity contribution in [2.75, 3.05) is 32.8 Å². The van der Waals surface area contributed by atoms with Crippen LogP contribution in [0.3, 0.4) is 0 Å². The van der Waals surface area contributed by atoms with E-state index < -0.39 is 0 Å². The molecule has 0 aliphatic carbocycles. The molecule has 118 valence electrons. The highest BCUT2D eigenvalue weighted by Crippen LogP contribution is 2.23. The summed E-state index contributed by atoms with van der Waals surface area (Å²) in [6, 6.07) is 9.42. The molecular weight excluding hydrogens is 280 g/mol. The number of amides is 2. The van der Waals surface area contributed by atoms with E-state index in [0.29, 0.717) is 32.7 Å². The Balaban J connectivity index is 1.63. The largest absolute Gasteiger partial charge is 0.378 e. The van der Waals surface area contributed by atoms with E-state index in [0.717, 1.165) is 24.9 Å². The molecule has 0 aromatic heterocycles. The molecule has 1 aromatic carbocycles. The molecule has 3 rings (SSSR count). The first-order valence-electron chi connectivity index (χ1n) is 7.97. The highest BCUT2D eigenvalue weighted by molar-refractivity contribution is 5.96. The van der Waals surface area contributed by atoms with Crippen molar-refractivity contribution < 1.29 is 14.3 Å². The molecule has 1 aromatic rings. The van der Waals surface area contributed by atoms with Crippen LogP contribution in [0.2, 0.25) is 0 Å². The van der Waals surface area contributed by atoms with Gasteiger partial charge in [0.15, 0.2) is 5.78 Å². The number of ketones is 1. The van der Waals surface area contributed by atoms with Crippen LogP contribution in [-0.2, 0) is 4.74 Å². The fraction of sp³-hybridized carbons (Fsp3) is 0.529. The zero-order valence-electron chi connectivity index (χ0n) is 12.7. The predicted octanol–water partition coefficient (Wildman–Crippen LogP) is 2.18. The number of nitrogens with zero attached hydrogens (tertiary/aromatic N) is 2. The van der Waals surface area contributed by atoms with Crippen LogP contribution in [0.1, 0.15) is 29.6 Å². The van der Waals surface area contributed by atoms with Crippen molar-refractivity contribution in [3.8, 4) is 0 Å². The first-order valence-corrected chi connectivity index (χ1v) is 7.97. The summed E-state index contributed by atoms with van der Waals surface area (Å²) >= 11 is 0. The SMILES string of the molecule is O=C(CC1CCCN1C(=O)N1CCOCC1)c1ccccc1. The standard InChI is InChI=1S/C17H22N2O3/c20-16(14-5-2-1-3-6-14)13-15-7-4-8-19(15)17(21)18-9-11-22-12-10-18/h1-3,5-6,15H,4,7-13H2. The minimum absolute atomic E-state index is 0.0306. The van der Waals surface area contributed by atoms with Crippen molar-refractivity contribution >= 4 is 11.8 Å². The number of urea groups is 1. The molecule has 1 unspecified atom stereocenters. The minimum Gasteiger partial charge on any atom is -0.378 e. The van der Waals surface area contributed by atoms with Crippen molar-refractivity contribution in [3.63, 3.8) is 0 Å². The number of carbonyl (C=O) groups excluding carboxylic acids is 2. The Hall–Kier alpha value is -1.88. The molecule has 0 N–H and O–H groups in total. The van der Waals surface area contributed by atoms with E-state index in [4.69, 9.17) is 4.74 Å². The molecule has 2 aliphatic heterocycles. The third kappa shape index (κ3) is 3.30. The van der Waals surface area contributed by atoms with Gasteiger partial charge in [0, 0.05) is 37.7 Å². The minimum atomic E-state index is 0.0306. The van der Waals surface area contributed by atoms with Crippen LogP contribution in [0.15, 0.2) is 30.3 Å². The number of benzene rings is 1. The quantitative estimate of drug-likeness (QED) is 0.804. The average molecular weight is 302 g/mol. The van der Waals surface area contributed by atoms with Gasteiger partial charge in [-0.3, -0.25) is 4.79 Å². The molecule has 2 aliphatic rings. The van der Waals surface area contributed by atoms with E-state index in [1.165, 1.54) is 0 Å². The van der Waals surface area contributed by atoms with Crippen LogP contribution in [0.4, 0.5) is 4.79 Å². The second-order valence-corrected chi connectivity index (χ2v) is 5.86. The summed E-state index contributed by atoms with van der Waals surface area (Å²) in [6.45, 7) is 3.26. The van der Waals surface area contributed by atoms with Gasteiger partial charge in [0.25, 0.3) is 0 Å². The van der Waals surface area contributed by atoms with Gasteiger partial charge in [0.1, 0.15) is 0 Å². The zero-order chi connectivity index (χ0) is 15.4. The number of likely N-dealkylation sites (tertiary alicyclic amines) is 1. The molecule has 22 heavy (non-hydrogen) atoms. The molecule has 1 atom stereocenters. The summed E-state index contributed by atoms with van der Waals surface area (Å²) in [4.78, 5) is 28.7. The highest BCUT2D eigenvalue weighted by Gasteiger charge is 2.33. The van der Waals surface area contributed by atoms with E-state index >= 15 is 0 Å². The van der Waals surface area contributed by atoms with Gasteiger partial charge in [-0.05, 0) is 12.8 Å². The molecule has 5 nitrogen and oxygen atoms in total. The summed E-state index contributed by atoms with van der Waals surface area (Å²) in [7, 11) is 0. The van der Waals surface area contributed by atoms with Gasteiger partial charge in [0.2, 0.25) is 0 Å². The Kier molecular flexibility index (Phi) is 4.73. The summed E-state index contributed by atoms with van der Waals surface area (Å²) in [6.07, 6.45) is 2.30. The van der Waals surface area contributed by atoms with Crippen LogP contribution in [0.25, 0.3) is 0 Å². The van der Waals surface area contributed by atoms with Crippen LogP contribution in [-0.4, -0.2) is 60.5 Å². The summed E-state index contributed by atoms with van der Waals surface area (Å²) in [5, 5.41) is 0. The van der Waals surface area contributed by atoms with E-state index in [2.05, 4.69) is 0 Å². The second kappa shape index (κ2) is 6.92. The maximum atomic E-state index is 12.6. The van der Waals surface area contributed by atoms with Gasteiger partial charge in [-0.1, -0.05) is 30.3 Å². The maximum absolute atomic E-state index is 12.6. The molecule has 2 heterocycles. The Morgan fingerprint density at radius 1 is 1.09 bits per heavy atom. The van der Waals surface area contributed by atoms with Gasteiger partial charge in [-0.25, -0.2) is 4.79 Å². The third-order valence-corrected chi connectivity index (χ3v) is 4.42. The van der Waals surface area contributed by atoms with Crippen molar-refractivity contribution in [2.24, 2.45) is 0 Å². The number of ether oxygens (including phenoxy) is 1. The summed E-state index contributed by atoms with van der Waals surface area (Å²) in [5.74, 6) is 0.118. The maximum Gasteiger partial charge on any atom is 0.320 e. The van der Waals surface area contributed by atoms with Crippen LogP contribution < -0.4 is 0 Å². The van der Waals surface area contributed by atoms with Crippen LogP contribution in [0.5, 0.6) is 0 Å². The summed E-state index contributed by atoms with van der Waals surface area (Å²) in [5.41, 5.74) is 0.730. The van der Waals surface area contributed by atoms with E-state index in [1.54, 1.807) is 0 Å². The zero-order valence-corrected chi connectivity index (χ0v) is 12.7. The molecular formula is C17H22N2O3. The van der Waals surface area contributed by atoms with Crippen molar-refractivity contribution in [2.45, 2.75) is 25.3 Å². The van der Waals surface area contributed by atoms with Gasteiger partial charge >= 0.3 is 6.03 Å². The molecule has 0 radical (unpaired) electrons. The fourth-order valence-corrected chi connectivity index (χ4v) is 3.19. The first-order chi connectivity index (χ1) is 10.8. The van der Waals surface area contributed by atoms with Gasteiger partial charge in [0.05, 0.1) is 13.2 Å².